The van der Waals surface area contributed by atoms with Crippen LogP contribution in [-0.4, -0.2) is 29.3 Å². The highest BCUT2D eigenvalue weighted by Crippen LogP contribution is 2.21. The van der Waals surface area contributed by atoms with Gasteiger partial charge in [-0.05, 0) is 12.8 Å². The van der Waals surface area contributed by atoms with Crippen molar-refractivity contribution in [2.24, 2.45) is 0 Å². The number of halogens is 3. The third-order valence-corrected chi connectivity index (χ3v) is 2.04. The third-order valence-electron chi connectivity index (χ3n) is 2.04. The van der Waals surface area contributed by atoms with Gasteiger partial charge in [0.15, 0.2) is 0 Å². The molecular formula is C11H16F3N3O. The molecule has 0 aliphatic carbocycles. The van der Waals surface area contributed by atoms with E-state index in [2.05, 4.69) is 15.3 Å². The minimum atomic E-state index is -4.11. The summed E-state index contributed by atoms with van der Waals surface area (Å²) in [5.74, 6) is 0.892. The van der Waals surface area contributed by atoms with Gasteiger partial charge in [0.25, 0.3) is 0 Å². The van der Waals surface area contributed by atoms with E-state index in [9.17, 15) is 13.2 Å². The van der Waals surface area contributed by atoms with E-state index in [1.807, 2.05) is 6.92 Å². The van der Waals surface area contributed by atoms with Gasteiger partial charge >= 0.3 is 6.18 Å². The summed E-state index contributed by atoms with van der Waals surface area (Å²) in [5, 5.41) is 2.80. The summed E-state index contributed by atoms with van der Waals surface area (Å²) in [6, 6.07) is 1.57. The highest BCUT2D eigenvalue weighted by molar-refractivity contribution is 5.36. The molecule has 0 saturated heterocycles. The predicted molar refractivity (Wildman–Crippen MR) is 61.6 cm³/mol. The lowest BCUT2D eigenvalue weighted by Crippen LogP contribution is -2.11. The summed E-state index contributed by atoms with van der Waals surface area (Å²) in [6.07, 6.45) is -2.72. The van der Waals surface area contributed by atoms with Crippen LogP contribution in [-0.2, 0) is 0 Å². The molecule has 1 N–H and O–H groups in total. The molecule has 0 fully saturated rings. The number of nitrogens with zero attached hydrogens (tertiary/aromatic N) is 2. The molecule has 18 heavy (non-hydrogen) atoms. The zero-order valence-corrected chi connectivity index (χ0v) is 10.1. The van der Waals surface area contributed by atoms with Gasteiger partial charge in [0, 0.05) is 19.0 Å². The Morgan fingerprint density at radius 1 is 1.33 bits per heavy atom. The lowest BCUT2D eigenvalue weighted by atomic mass is 10.3. The van der Waals surface area contributed by atoms with E-state index in [1.165, 1.54) is 6.33 Å². The quantitative estimate of drug-likeness (QED) is 0.768. The van der Waals surface area contributed by atoms with Gasteiger partial charge in [-0.2, -0.15) is 13.2 Å². The zero-order chi connectivity index (χ0) is 13.4. The summed E-state index contributed by atoms with van der Waals surface area (Å²) in [7, 11) is 0. The average molecular weight is 263 g/mol. The van der Waals surface area contributed by atoms with Crippen molar-refractivity contribution in [2.45, 2.75) is 32.4 Å². The van der Waals surface area contributed by atoms with Crippen LogP contribution in [0.1, 0.15) is 26.2 Å². The minimum absolute atomic E-state index is 0.0126. The van der Waals surface area contributed by atoms with E-state index in [1.54, 1.807) is 6.07 Å². The molecule has 102 valence electrons. The number of nitrogens with one attached hydrogen (secondary N) is 1. The number of hydrogen-bond donors (Lipinski definition) is 1. The van der Waals surface area contributed by atoms with E-state index in [4.69, 9.17) is 4.74 Å². The molecule has 1 aromatic heterocycles. The molecule has 1 rings (SSSR count). The molecule has 0 bridgehead atoms. The van der Waals surface area contributed by atoms with Crippen molar-refractivity contribution in [2.75, 3.05) is 18.5 Å². The maximum atomic E-state index is 11.9. The summed E-state index contributed by atoms with van der Waals surface area (Å²) >= 11 is 0. The van der Waals surface area contributed by atoms with Crippen molar-refractivity contribution in [1.29, 1.82) is 0 Å². The molecule has 0 radical (unpaired) electrons. The van der Waals surface area contributed by atoms with Crippen LogP contribution in [0.5, 0.6) is 5.88 Å². The fourth-order valence-electron chi connectivity index (χ4n) is 1.23. The van der Waals surface area contributed by atoms with Crippen LogP contribution >= 0.6 is 0 Å². The molecule has 0 spiro atoms. The zero-order valence-electron chi connectivity index (χ0n) is 10.1. The van der Waals surface area contributed by atoms with Crippen LogP contribution < -0.4 is 10.1 Å². The third kappa shape index (κ3) is 6.27. The average Bonchev–Trinajstić information content (AvgIpc) is 2.31. The number of anilines is 1. The van der Waals surface area contributed by atoms with Crippen LogP contribution in [0.25, 0.3) is 0 Å². The fourth-order valence-corrected chi connectivity index (χ4v) is 1.23. The molecule has 0 atom stereocenters. The molecule has 0 saturated carbocycles. The Kier molecular flexibility index (Phi) is 5.67. The first kappa shape index (κ1) is 14.5. The van der Waals surface area contributed by atoms with E-state index >= 15 is 0 Å². The smallest absolute Gasteiger partial charge is 0.389 e. The monoisotopic (exact) mass is 263 g/mol. The van der Waals surface area contributed by atoms with Gasteiger partial charge in [-0.3, -0.25) is 0 Å². The topological polar surface area (TPSA) is 47.0 Å². The summed E-state index contributed by atoms with van der Waals surface area (Å²) in [5.41, 5.74) is 0. The Balaban J connectivity index is 2.33. The molecule has 0 aliphatic rings. The SMILES string of the molecule is CCCOc1cc(NCCCC(F)(F)F)ncn1. The van der Waals surface area contributed by atoms with Crippen LogP contribution in [0.15, 0.2) is 12.4 Å². The largest absolute Gasteiger partial charge is 0.478 e. The maximum Gasteiger partial charge on any atom is 0.389 e. The maximum absolute atomic E-state index is 11.9. The van der Waals surface area contributed by atoms with Crippen LogP contribution in [0.4, 0.5) is 19.0 Å². The van der Waals surface area contributed by atoms with E-state index in [0.29, 0.717) is 18.3 Å². The van der Waals surface area contributed by atoms with Gasteiger partial charge in [0.05, 0.1) is 6.61 Å². The highest BCUT2D eigenvalue weighted by atomic mass is 19.4. The lowest BCUT2D eigenvalue weighted by Gasteiger charge is -2.08. The van der Waals surface area contributed by atoms with Crippen LogP contribution in [0, 0.1) is 0 Å². The molecule has 0 amide bonds. The summed E-state index contributed by atoms with van der Waals surface area (Å²) in [4.78, 5) is 7.79. The first-order valence-electron chi connectivity index (χ1n) is 5.76. The van der Waals surface area contributed by atoms with E-state index in [0.717, 1.165) is 6.42 Å². The van der Waals surface area contributed by atoms with Crippen molar-refractivity contribution < 1.29 is 17.9 Å². The number of alkyl halides is 3. The molecule has 1 aromatic rings. The fraction of sp³-hybridized carbons (Fsp3) is 0.636. The summed E-state index contributed by atoms with van der Waals surface area (Å²) < 4.78 is 41.0. The number of hydrogen-bond acceptors (Lipinski definition) is 4. The molecule has 0 aliphatic heterocycles. The van der Waals surface area contributed by atoms with Gasteiger partial charge < -0.3 is 10.1 Å². The Morgan fingerprint density at radius 2 is 2.11 bits per heavy atom. The van der Waals surface area contributed by atoms with Gasteiger partial charge in [-0.1, -0.05) is 6.92 Å². The minimum Gasteiger partial charge on any atom is -0.478 e. The number of aromatic nitrogens is 2. The molecule has 0 unspecified atom stereocenters. The molecule has 0 aromatic carbocycles. The molecule has 7 heteroatoms. The second kappa shape index (κ2) is 7.03. The lowest BCUT2D eigenvalue weighted by molar-refractivity contribution is -0.134. The van der Waals surface area contributed by atoms with Crippen LogP contribution in [0.2, 0.25) is 0 Å². The van der Waals surface area contributed by atoms with Gasteiger partial charge in [0.1, 0.15) is 12.1 Å². The second-order valence-corrected chi connectivity index (χ2v) is 3.74. The summed E-state index contributed by atoms with van der Waals surface area (Å²) in [6.45, 7) is 2.73. The van der Waals surface area contributed by atoms with Crippen LogP contribution in [0.3, 0.4) is 0 Å². The van der Waals surface area contributed by atoms with Crippen molar-refractivity contribution in [3.05, 3.63) is 12.4 Å². The normalized spacial score (nSPS) is 11.3. The highest BCUT2D eigenvalue weighted by Gasteiger charge is 2.25. The van der Waals surface area contributed by atoms with E-state index in [-0.39, 0.29) is 13.0 Å². The van der Waals surface area contributed by atoms with Gasteiger partial charge in [-0.25, -0.2) is 9.97 Å². The predicted octanol–water partition coefficient (Wildman–Crippen LogP) is 3.02. The Hall–Kier alpha value is -1.53. The van der Waals surface area contributed by atoms with Crippen molar-refractivity contribution in [3.8, 4) is 5.88 Å². The van der Waals surface area contributed by atoms with Crippen molar-refractivity contribution >= 4 is 5.82 Å². The number of ether oxygens (including phenoxy) is 1. The standard InChI is InChI=1S/C11H16F3N3O/c1-2-6-18-10-7-9(16-8-17-10)15-5-3-4-11(12,13)14/h7-8H,2-6H2,1H3,(H,15,16,17). The first-order chi connectivity index (χ1) is 8.51. The Bertz CT molecular complexity index is 358. The molecule has 4 nitrogen and oxygen atoms in total. The van der Waals surface area contributed by atoms with Crippen molar-refractivity contribution in [3.63, 3.8) is 0 Å². The Labute approximate surface area is 104 Å². The molecule has 1 heterocycles. The second-order valence-electron chi connectivity index (χ2n) is 3.74. The Morgan fingerprint density at radius 3 is 2.78 bits per heavy atom. The van der Waals surface area contributed by atoms with Gasteiger partial charge in [-0.15, -0.1) is 0 Å². The molecular weight excluding hydrogens is 247 g/mol. The number of rotatable bonds is 7. The first-order valence-corrected chi connectivity index (χ1v) is 5.76. The van der Waals surface area contributed by atoms with E-state index < -0.39 is 12.6 Å². The van der Waals surface area contributed by atoms with Gasteiger partial charge in [0.2, 0.25) is 5.88 Å². The van der Waals surface area contributed by atoms with Crippen molar-refractivity contribution in [1.82, 2.24) is 9.97 Å².